The Labute approximate surface area is 98.0 Å². The molecule has 16 heavy (non-hydrogen) atoms. The molecule has 1 aromatic rings. The Morgan fingerprint density at radius 1 is 1.56 bits per heavy atom. The number of hydrogen-bond acceptors (Lipinski definition) is 3. The van der Waals surface area contributed by atoms with Crippen LogP contribution in [-0.4, -0.2) is 29.8 Å². The van der Waals surface area contributed by atoms with Crippen LogP contribution in [0.1, 0.15) is 26.7 Å². The second-order valence-electron chi connectivity index (χ2n) is 4.24. The number of anilines is 1. The molecule has 1 heterocycles. The highest BCUT2D eigenvalue weighted by Gasteiger charge is 2.04. The lowest BCUT2D eigenvalue weighted by Crippen LogP contribution is -2.18. The number of imidazole rings is 1. The largest absolute Gasteiger partial charge is 0.384 e. The van der Waals surface area contributed by atoms with Gasteiger partial charge in [0.2, 0.25) is 5.95 Å². The van der Waals surface area contributed by atoms with Gasteiger partial charge in [-0.3, -0.25) is 0 Å². The Morgan fingerprint density at radius 2 is 2.38 bits per heavy atom. The standard InChI is InChI=1S/C12H23N3O/c1-4-5-7-15-8-6-13-12(15)14-9-11(2)10-16-3/h6,8,11H,4-5,7,9-10H2,1-3H3,(H,13,14). The maximum Gasteiger partial charge on any atom is 0.202 e. The molecule has 4 nitrogen and oxygen atoms in total. The van der Waals surface area contributed by atoms with Crippen molar-refractivity contribution in [1.29, 1.82) is 0 Å². The number of methoxy groups -OCH3 is 1. The van der Waals surface area contributed by atoms with Gasteiger partial charge in [-0.25, -0.2) is 4.98 Å². The van der Waals surface area contributed by atoms with Crippen LogP contribution in [0.5, 0.6) is 0 Å². The van der Waals surface area contributed by atoms with Gasteiger partial charge < -0.3 is 14.6 Å². The van der Waals surface area contributed by atoms with Crippen LogP contribution in [0, 0.1) is 5.92 Å². The normalized spacial score (nSPS) is 12.7. The van der Waals surface area contributed by atoms with Gasteiger partial charge in [-0.1, -0.05) is 20.3 Å². The van der Waals surface area contributed by atoms with E-state index in [4.69, 9.17) is 4.74 Å². The van der Waals surface area contributed by atoms with Crippen molar-refractivity contribution in [3.05, 3.63) is 12.4 Å². The highest BCUT2D eigenvalue weighted by molar-refractivity contribution is 5.25. The van der Waals surface area contributed by atoms with Gasteiger partial charge in [0.1, 0.15) is 0 Å². The number of rotatable bonds is 8. The highest BCUT2D eigenvalue weighted by Crippen LogP contribution is 2.07. The average molecular weight is 225 g/mol. The van der Waals surface area contributed by atoms with E-state index in [-0.39, 0.29) is 0 Å². The lowest BCUT2D eigenvalue weighted by atomic mass is 10.2. The summed E-state index contributed by atoms with van der Waals surface area (Å²) in [4.78, 5) is 4.31. The fourth-order valence-corrected chi connectivity index (χ4v) is 1.59. The van der Waals surface area contributed by atoms with E-state index in [9.17, 15) is 0 Å². The molecule has 0 aromatic carbocycles. The lowest BCUT2D eigenvalue weighted by molar-refractivity contribution is 0.164. The minimum atomic E-state index is 0.501. The van der Waals surface area contributed by atoms with E-state index in [1.807, 2.05) is 12.4 Å². The van der Waals surface area contributed by atoms with Crippen LogP contribution >= 0.6 is 0 Å². The molecule has 0 saturated carbocycles. The molecule has 0 aliphatic carbocycles. The Hall–Kier alpha value is -1.03. The Morgan fingerprint density at radius 3 is 3.06 bits per heavy atom. The molecule has 0 amide bonds. The van der Waals surface area contributed by atoms with Crippen LogP contribution in [-0.2, 0) is 11.3 Å². The van der Waals surface area contributed by atoms with E-state index in [1.165, 1.54) is 12.8 Å². The summed E-state index contributed by atoms with van der Waals surface area (Å²) in [7, 11) is 1.73. The van der Waals surface area contributed by atoms with Crippen molar-refractivity contribution < 1.29 is 4.74 Å². The Balaban J connectivity index is 2.37. The summed E-state index contributed by atoms with van der Waals surface area (Å²) in [5.41, 5.74) is 0. The molecule has 4 heteroatoms. The van der Waals surface area contributed by atoms with Crippen molar-refractivity contribution in [2.75, 3.05) is 25.6 Å². The van der Waals surface area contributed by atoms with Crippen LogP contribution in [0.3, 0.4) is 0 Å². The monoisotopic (exact) mass is 225 g/mol. The minimum absolute atomic E-state index is 0.501. The number of nitrogens with one attached hydrogen (secondary N) is 1. The van der Waals surface area contributed by atoms with Crippen molar-refractivity contribution in [3.63, 3.8) is 0 Å². The molecular formula is C12H23N3O. The predicted octanol–water partition coefficient (Wildman–Crippen LogP) is 2.38. The molecule has 0 radical (unpaired) electrons. The number of aryl methyl sites for hydroxylation is 1. The van der Waals surface area contributed by atoms with Gasteiger partial charge in [0.25, 0.3) is 0 Å². The van der Waals surface area contributed by atoms with Gasteiger partial charge in [-0.15, -0.1) is 0 Å². The van der Waals surface area contributed by atoms with E-state index in [2.05, 4.69) is 28.7 Å². The first-order valence-corrected chi connectivity index (χ1v) is 6.01. The second-order valence-corrected chi connectivity index (χ2v) is 4.24. The van der Waals surface area contributed by atoms with E-state index >= 15 is 0 Å². The third kappa shape index (κ3) is 4.23. The average Bonchev–Trinajstić information content (AvgIpc) is 2.71. The Kier molecular flexibility index (Phi) is 5.93. The van der Waals surface area contributed by atoms with Crippen molar-refractivity contribution in [2.24, 2.45) is 5.92 Å². The van der Waals surface area contributed by atoms with Crippen molar-refractivity contribution >= 4 is 5.95 Å². The smallest absolute Gasteiger partial charge is 0.202 e. The summed E-state index contributed by atoms with van der Waals surface area (Å²) in [6.45, 7) is 7.08. The zero-order chi connectivity index (χ0) is 11.8. The first-order valence-electron chi connectivity index (χ1n) is 6.01. The van der Waals surface area contributed by atoms with E-state index < -0.39 is 0 Å². The maximum absolute atomic E-state index is 5.10. The minimum Gasteiger partial charge on any atom is -0.384 e. The zero-order valence-corrected chi connectivity index (χ0v) is 10.6. The van der Waals surface area contributed by atoms with Gasteiger partial charge in [0.05, 0.1) is 6.61 Å². The molecular weight excluding hydrogens is 202 g/mol. The fourth-order valence-electron chi connectivity index (χ4n) is 1.59. The summed E-state index contributed by atoms with van der Waals surface area (Å²) >= 11 is 0. The van der Waals surface area contributed by atoms with Crippen LogP contribution in [0.25, 0.3) is 0 Å². The second kappa shape index (κ2) is 7.28. The van der Waals surface area contributed by atoms with Crippen molar-refractivity contribution in [1.82, 2.24) is 9.55 Å². The van der Waals surface area contributed by atoms with Crippen LogP contribution in [0.2, 0.25) is 0 Å². The lowest BCUT2D eigenvalue weighted by Gasteiger charge is -2.13. The van der Waals surface area contributed by atoms with Crippen LogP contribution in [0.4, 0.5) is 5.95 Å². The summed E-state index contributed by atoms with van der Waals surface area (Å²) in [6.07, 6.45) is 6.27. The topological polar surface area (TPSA) is 39.1 Å². The molecule has 0 saturated heterocycles. The van der Waals surface area contributed by atoms with E-state index in [1.54, 1.807) is 7.11 Å². The van der Waals surface area contributed by atoms with Crippen LogP contribution < -0.4 is 5.32 Å². The highest BCUT2D eigenvalue weighted by atomic mass is 16.5. The first-order chi connectivity index (χ1) is 7.77. The number of hydrogen-bond donors (Lipinski definition) is 1. The fraction of sp³-hybridized carbons (Fsp3) is 0.750. The molecule has 0 aliphatic rings. The summed E-state index contributed by atoms with van der Waals surface area (Å²) < 4.78 is 7.27. The summed E-state index contributed by atoms with van der Waals surface area (Å²) in [6, 6.07) is 0. The SMILES string of the molecule is CCCCn1ccnc1NCC(C)COC. The molecule has 0 bridgehead atoms. The summed E-state index contributed by atoms with van der Waals surface area (Å²) in [5, 5.41) is 3.36. The number of ether oxygens (including phenoxy) is 1. The predicted molar refractivity (Wildman–Crippen MR) is 66.7 cm³/mol. The van der Waals surface area contributed by atoms with Gasteiger partial charge in [-0.05, 0) is 12.3 Å². The number of aromatic nitrogens is 2. The van der Waals surface area contributed by atoms with Gasteiger partial charge in [0.15, 0.2) is 0 Å². The molecule has 1 atom stereocenters. The number of nitrogens with zero attached hydrogens (tertiary/aromatic N) is 2. The first kappa shape index (κ1) is 13.0. The third-order valence-electron chi connectivity index (χ3n) is 2.53. The zero-order valence-electron chi connectivity index (χ0n) is 10.6. The van der Waals surface area contributed by atoms with Crippen molar-refractivity contribution in [2.45, 2.75) is 33.2 Å². The summed E-state index contributed by atoms with van der Waals surface area (Å²) in [5.74, 6) is 1.47. The quantitative estimate of drug-likeness (QED) is 0.738. The van der Waals surface area contributed by atoms with Gasteiger partial charge >= 0.3 is 0 Å². The van der Waals surface area contributed by atoms with Gasteiger partial charge in [0, 0.05) is 32.6 Å². The molecule has 0 aliphatic heterocycles. The molecule has 92 valence electrons. The number of unbranched alkanes of at least 4 members (excludes halogenated alkanes) is 1. The third-order valence-corrected chi connectivity index (χ3v) is 2.53. The molecule has 0 spiro atoms. The van der Waals surface area contributed by atoms with Crippen molar-refractivity contribution in [3.8, 4) is 0 Å². The molecule has 1 N–H and O–H groups in total. The van der Waals surface area contributed by atoms with Gasteiger partial charge in [-0.2, -0.15) is 0 Å². The molecule has 1 unspecified atom stereocenters. The molecule has 0 fully saturated rings. The Bertz CT molecular complexity index is 286. The maximum atomic E-state index is 5.10. The molecule has 1 rings (SSSR count). The molecule has 1 aromatic heterocycles. The van der Waals surface area contributed by atoms with E-state index in [0.717, 1.165) is 25.6 Å². The van der Waals surface area contributed by atoms with E-state index in [0.29, 0.717) is 5.92 Å². The van der Waals surface area contributed by atoms with Crippen LogP contribution in [0.15, 0.2) is 12.4 Å².